The lowest BCUT2D eigenvalue weighted by molar-refractivity contribution is -0.140. The molecule has 0 aliphatic rings. The van der Waals surface area contributed by atoms with Gasteiger partial charge in [-0.1, -0.05) is 73.2 Å². The summed E-state index contributed by atoms with van der Waals surface area (Å²) in [6.07, 6.45) is 0.388. The third kappa shape index (κ3) is 6.77. The van der Waals surface area contributed by atoms with Crippen molar-refractivity contribution in [3.63, 3.8) is 0 Å². The first-order valence-corrected chi connectivity index (χ1v) is 13.9. The van der Waals surface area contributed by atoms with Crippen LogP contribution in [-0.4, -0.2) is 44.3 Å². The van der Waals surface area contributed by atoms with Gasteiger partial charge in [-0.2, -0.15) is 0 Å². The molecule has 37 heavy (non-hydrogen) atoms. The summed E-state index contributed by atoms with van der Waals surface area (Å²) in [7, 11) is -4.07. The van der Waals surface area contributed by atoms with E-state index in [1.54, 1.807) is 24.3 Å². The SMILES string of the molecule is CCNC(=O)C(CC)N(Cc1ccccc1)C(=O)CN(c1ccc(C)cc1C)S(=O)(=O)c1ccccc1. The Morgan fingerprint density at radius 3 is 2.08 bits per heavy atom. The van der Waals surface area contributed by atoms with Gasteiger partial charge in [-0.25, -0.2) is 8.42 Å². The van der Waals surface area contributed by atoms with E-state index in [2.05, 4.69) is 5.32 Å². The fraction of sp³-hybridized carbons (Fsp3) is 0.310. The summed E-state index contributed by atoms with van der Waals surface area (Å²) in [5.74, 6) is -0.722. The van der Waals surface area contributed by atoms with E-state index in [-0.39, 0.29) is 17.3 Å². The van der Waals surface area contributed by atoms with Crippen LogP contribution in [-0.2, 0) is 26.2 Å². The highest BCUT2D eigenvalue weighted by Gasteiger charge is 2.34. The molecule has 1 atom stereocenters. The summed E-state index contributed by atoms with van der Waals surface area (Å²) >= 11 is 0. The van der Waals surface area contributed by atoms with Gasteiger partial charge in [-0.05, 0) is 56.5 Å². The fourth-order valence-electron chi connectivity index (χ4n) is 4.31. The number of hydrogen-bond donors (Lipinski definition) is 1. The molecule has 0 saturated carbocycles. The van der Waals surface area contributed by atoms with Crippen LogP contribution in [0.1, 0.15) is 37.0 Å². The van der Waals surface area contributed by atoms with Crippen LogP contribution in [0.5, 0.6) is 0 Å². The fourth-order valence-corrected chi connectivity index (χ4v) is 5.81. The average molecular weight is 522 g/mol. The van der Waals surface area contributed by atoms with Crippen LogP contribution in [0.25, 0.3) is 0 Å². The molecule has 0 aliphatic heterocycles. The van der Waals surface area contributed by atoms with Crippen molar-refractivity contribution in [1.82, 2.24) is 10.2 Å². The van der Waals surface area contributed by atoms with Crippen molar-refractivity contribution in [3.8, 4) is 0 Å². The van der Waals surface area contributed by atoms with Crippen LogP contribution in [0.15, 0.2) is 83.8 Å². The standard InChI is InChI=1S/C29H35N3O4S/c1-5-26(29(34)30-6-2)31(20-24-13-9-7-10-14-24)28(33)21-32(27-18-17-22(3)19-23(27)4)37(35,36)25-15-11-8-12-16-25/h7-19,26H,5-6,20-21H2,1-4H3,(H,30,34). The van der Waals surface area contributed by atoms with Crippen LogP contribution in [0.3, 0.4) is 0 Å². The Morgan fingerprint density at radius 2 is 1.51 bits per heavy atom. The number of amides is 2. The van der Waals surface area contributed by atoms with Crippen LogP contribution >= 0.6 is 0 Å². The first-order chi connectivity index (χ1) is 17.7. The van der Waals surface area contributed by atoms with Crippen molar-refractivity contribution >= 4 is 27.5 Å². The zero-order valence-electron chi connectivity index (χ0n) is 21.8. The van der Waals surface area contributed by atoms with Gasteiger partial charge >= 0.3 is 0 Å². The first kappa shape index (κ1) is 27.9. The van der Waals surface area contributed by atoms with Crippen LogP contribution in [0, 0.1) is 13.8 Å². The van der Waals surface area contributed by atoms with Gasteiger partial charge in [0, 0.05) is 13.1 Å². The van der Waals surface area contributed by atoms with Gasteiger partial charge in [0.2, 0.25) is 11.8 Å². The van der Waals surface area contributed by atoms with E-state index in [1.807, 2.05) is 70.2 Å². The van der Waals surface area contributed by atoms with Crippen LogP contribution in [0.4, 0.5) is 5.69 Å². The predicted octanol–water partition coefficient (Wildman–Crippen LogP) is 4.44. The molecule has 7 nitrogen and oxygen atoms in total. The number of aryl methyl sites for hydroxylation is 2. The molecule has 1 unspecified atom stereocenters. The molecule has 0 saturated heterocycles. The smallest absolute Gasteiger partial charge is 0.264 e. The van der Waals surface area contributed by atoms with E-state index in [1.165, 1.54) is 17.0 Å². The highest BCUT2D eigenvalue weighted by atomic mass is 32.2. The Balaban J connectivity index is 2.07. The van der Waals surface area contributed by atoms with E-state index in [4.69, 9.17) is 0 Å². The lowest BCUT2D eigenvalue weighted by Crippen LogP contribution is -2.52. The first-order valence-electron chi connectivity index (χ1n) is 12.4. The lowest BCUT2D eigenvalue weighted by atomic mass is 10.1. The molecule has 0 aliphatic carbocycles. The molecule has 0 heterocycles. The van der Waals surface area contributed by atoms with Crippen molar-refractivity contribution in [2.24, 2.45) is 0 Å². The van der Waals surface area contributed by atoms with Gasteiger partial charge in [0.1, 0.15) is 12.6 Å². The minimum Gasteiger partial charge on any atom is -0.355 e. The molecule has 0 aromatic heterocycles. The van der Waals surface area contributed by atoms with E-state index in [0.29, 0.717) is 18.7 Å². The molecule has 0 fully saturated rings. The second kappa shape index (κ2) is 12.5. The molecule has 1 N–H and O–H groups in total. The monoisotopic (exact) mass is 521 g/mol. The second-order valence-electron chi connectivity index (χ2n) is 8.94. The average Bonchev–Trinajstić information content (AvgIpc) is 2.88. The lowest BCUT2D eigenvalue weighted by Gasteiger charge is -2.33. The minimum atomic E-state index is -4.07. The van der Waals surface area contributed by atoms with Crippen molar-refractivity contribution in [1.29, 1.82) is 0 Å². The predicted molar refractivity (Wildman–Crippen MR) is 147 cm³/mol. The third-order valence-electron chi connectivity index (χ3n) is 6.16. The summed E-state index contributed by atoms with van der Waals surface area (Å²) in [6, 6.07) is 22.1. The number of carbonyl (C=O) groups excluding carboxylic acids is 2. The number of sulfonamides is 1. The molecule has 2 amide bonds. The summed E-state index contributed by atoms with van der Waals surface area (Å²) in [5, 5.41) is 2.81. The van der Waals surface area contributed by atoms with Gasteiger partial charge < -0.3 is 10.2 Å². The molecule has 3 rings (SSSR count). The number of hydrogen-bond acceptors (Lipinski definition) is 4. The Hall–Kier alpha value is -3.65. The summed E-state index contributed by atoms with van der Waals surface area (Å²) in [5.41, 5.74) is 2.99. The minimum absolute atomic E-state index is 0.0909. The van der Waals surface area contributed by atoms with Gasteiger partial charge in [0.05, 0.1) is 10.6 Å². The Bertz CT molecular complexity index is 1310. The maximum atomic E-state index is 13.9. The van der Waals surface area contributed by atoms with Crippen LogP contribution in [0.2, 0.25) is 0 Å². The van der Waals surface area contributed by atoms with E-state index >= 15 is 0 Å². The largest absolute Gasteiger partial charge is 0.355 e. The highest BCUT2D eigenvalue weighted by molar-refractivity contribution is 7.92. The second-order valence-corrected chi connectivity index (χ2v) is 10.8. The van der Waals surface area contributed by atoms with Crippen molar-refractivity contribution in [3.05, 3.63) is 95.6 Å². The number of rotatable bonds is 11. The number of nitrogens with one attached hydrogen (secondary N) is 1. The zero-order valence-corrected chi connectivity index (χ0v) is 22.7. The normalized spacial score (nSPS) is 12.0. The van der Waals surface area contributed by atoms with Gasteiger partial charge in [-0.3, -0.25) is 13.9 Å². The number of likely N-dealkylation sites (N-methyl/N-ethyl adjacent to an activating group) is 1. The van der Waals surface area contributed by atoms with Crippen molar-refractivity contribution in [2.45, 2.75) is 51.6 Å². The van der Waals surface area contributed by atoms with Gasteiger partial charge in [0.25, 0.3) is 10.0 Å². The molecular weight excluding hydrogens is 486 g/mol. The summed E-state index contributed by atoms with van der Waals surface area (Å²) in [6.45, 7) is 7.59. The number of benzene rings is 3. The van der Waals surface area contributed by atoms with Crippen molar-refractivity contribution < 1.29 is 18.0 Å². The molecule has 3 aromatic rings. The number of anilines is 1. The summed E-state index contributed by atoms with van der Waals surface area (Å²) in [4.78, 5) is 28.5. The van der Waals surface area contributed by atoms with Crippen LogP contribution < -0.4 is 9.62 Å². The van der Waals surface area contributed by atoms with E-state index in [9.17, 15) is 18.0 Å². The van der Waals surface area contributed by atoms with E-state index < -0.39 is 28.5 Å². The Kier molecular flexibility index (Phi) is 9.47. The maximum Gasteiger partial charge on any atom is 0.264 e. The number of carbonyl (C=O) groups is 2. The highest BCUT2D eigenvalue weighted by Crippen LogP contribution is 2.28. The Morgan fingerprint density at radius 1 is 0.892 bits per heavy atom. The molecule has 0 spiro atoms. The van der Waals surface area contributed by atoms with E-state index in [0.717, 1.165) is 21.0 Å². The molecule has 0 radical (unpaired) electrons. The molecule has 3 aromatic carbocycles. The van der Waals surface area contributed by atoms with Gasteiger partial charge in [0.15, 0.2) is 0 Å². The molecule has 8 heteroatoms. The van der Waals surface area contributed by atoms with Gasteiger partial charge in [-0.15, -0.1) is 0 Å². The zero-order chi connectivity index (χ0) is 27.0. The maximum absolute atomic E-state index is 13.9. The third-order valence-corrected chi connectivity index (χ3v) is 7.94. The topological polar surface area (TPSA) is 86.8 Å². The quantitative estimate of drug-likeness (QED) is 0.404. The number of nitrogens with zero attached hydrogens (tertiary/aromatic N) is 2. The molecular formula is C29H35N3O4S. The molecule has 0 bridgehead atoms. The summed E-state index contributed by atoms with van der Waals surface area (Å²) < 4.78 is 28.8. The molecule has 196 valence electrons. The van der Waals surface area contributed by atoms with Crippen molar-refractivity contribution in [2.75, 3.05) is 17.4 Å². The Labute approximate surface area is 220 Å².